The SMILES string of the molecule is COc1ccc(CC(O)CN2C[CH]N(C3CCCC3)CC2)cc1. The average molecular weight is 317 g/mol. The van der Waals surface area contributed by atoms with Crippen LogP contribution < -0.4 is 4.74 Å². The maximum Gasteiger partial charge on any atom is 0.118 e. The maximum absolute atomic E-state index is 10.4. The molecule has 1 aromatic carbocycles. The molecule has 1 aliphatic heterocycles. The van der Waals surface area contributed by atoms with E-state index in [1.807, 2.05) is 24.3 Å². The van der Waals surface area contributed by atoms with E-state index < -0.39 is 0 Å². The number of aliphatic hydroxyl groups is 1. The molecule has 2 fully saturated rings. The van der Waals surface area contributed by atoms with Gasteiger partial charge >= 0.3 is 0 Å². The van der Waals surface area contributed by atoms with Crippen molar-refractivity contribution in [2.75, 3.05) is 33.3 Å². The first kappa shape index (κ1) is 16.7. The number of benzene rings is 1. The Kier molecular flexibility index (Phi) is 5.92. The normalized spacial score (nSPS) is 22.3. The van der Waals surface area contributed by atoms with Gasteiger partial charge in [-0.15, -0.1) is 0 Å². The largest absolute Gasteiger partial charge is 0.497 e. The molecule has 1 aliphatic carbocycles. The Labute approximate surface area is 140 Å². The molecular formula is C19H29N2O2. The van der Waals surface area contributed by atoms with Gasteiger partial charge in [0.15, 0.2) is 0 Å². The fraction of sp³-hybridized carbons (Fsp3) is 0.632. The second kappa shape index (κ2) is 8.13. The summed E-state index contributed by atoms with van der Waals surface area (Å²) in [6.45, 7) is 6.24. The zero-order chi connectivity index (χ0) is 16.1. The van der Waals surface area contributed by atoms with Gasteiger partial charge in [-0.1, -0.05) is 25.0 Å². The fourth-order valence-electron chi connectivity index (χ4n) is 3.79. The van der Waals surface area contributed by atoms with Crippen molar-refractivity contribution < 1.29 is 9.84 Å². The molecule has 0 bridgehead atoms. The molecule has 1 unspecified atom stereocenters. The van der Waals surface area contributed by atoms with Gasteiger partial charge in [-0.3, -0.25) is 9.80 Å². The maximum atomic E-state index is 10.4. The highest BCUT2D eigenvalue weighted by Gasteiger charge is 2.27. The number of β-amino-alcohol motifs (C(OH)–C–C–N with tert-alkyl or cyclic N) is 1. The van der Waals surface area contributed by atoms with Crippen LogP contribution >= 0.6 is 0 Å². The molecule has 4 heteroatoms. The van der Waals surface area contributed by atoms with Gasteiger partial charge in [-0.2, -0.15) is 0 Å². The average Bonchev–Trinajstić information content (AvgIpc) is 3.11. The van der Waals surface area contributed by atoms with Crippen LogP contribution in [0.2, 0.25) is 0 Å². The first-order chi connectivity index (χ1) is 11.2. The molecule has 0 aromatic heterocycles. The van der Waals surface area contributed by atoms with Crippen molar-refractivity contribution in [1.29, 1.82) is 0 Å². The number of hydrogen-bond acceptors (Lipinski definition) is 4. The van der Waals surface area contributed by atoms with E-state index in [0.717, 1.165) is 43.5 Å². The fourth-order valence-corrected chi connectivity index (χ4v) is 3.79. The first-order valence-electron chi connectivity index (χ1n) is 8.87. The predicted molar refractivity (Wildman–Crippen MR) is 92.4 cm³/mol. The molecule has 1 heterocycles. The first-order valence-corrected chi connectivity index (χ1v) is 8.87. The van der Waals surface area contributed by atoms with Gasteiger partial charge in [-0.05, 0) is 37.0 Å². The smallest absolute Gasteiger partial charge is 0.118 e. The number of rotatable bonds is 6. The van der Waals surface area contributed by atoms with Crippen molar-refractivity contribution in [2.45, 2.75) is 44.2 Å². The Morgan fingerprint density at radius 1 is 1.17 bits per heavy atom. The molecule has 0 spiro atoms. The number of nitrogens with zero attached hydrogens (tertiary/aromatic N) is 2. The van der Waals surface area contributed by atoms with Crippen molar-refractivity contribution in [1.82, 2.24) is 9.80 Å². The summed E-state index contributed by atoms with van der Waals surface area (Å²) in [7, 11) is 1.67. The topological polar surface area (TPSA) is 35.9 Å². The van der Waals surface area contributed by atoms with E-state index in [1.165, 1.54) is 25.7 Å². The Bertz CT molecular complexity index is 463. The van der Waals surface area contributed by atoms with E-state index in [2.05, 4.69) is 16.3 Å². The van der Waals surface area contributed by atoms with Crippen LogP contribution in [0, 0.1) is 6.54 Å². The molecule has 2 aliphatic rings. The molecule has 4 nitrogen and oxygen atoms in total. The molecule has 1 saturated carbocycles. The van der Waals surface area contributed by atoms with E-state index >= 15 is 0 Å². The van der Waals surface area contributed by atoms with E-state index in [4.69, 9.17) is 4.74 Å². The molecule has 0 amide bonds. The number of methoxy groups -OCH3 is 1. The monoisotopic (exact) mass is 317 g/mol. The van der Waals surface area contributed by atoms with Crippen LogP contribution in [0.15, 0.2) is 24.3 Å². The minimum atomic E-state index is -0.310. The number of aliphatic hydroxyl groups excluding tert-OH is 1. The van der Waals surface area contributed by atoms with Crippen molar-refractivity contribution in [2.24, 2.45) is 0 Å². The van der Waals surface area contributed by atoms with Crippen molar-refractivity contribution >= 4 is 0 Å². The van der Waals surface area contributed by atoms with E-state index in [0.29, 0.717) is 6.42 Å². The second-order valence-corrected chi connectivity index (χ2v) is 6.82. The van der Waals surface area contributed by atoms with Gasteiger partial charge in [-0.25, -0.2) is 0 Å². The minimum Gasteiger partial charge on any atom is -0.497 e. The molecular weight excluding hydrogens is 288 g/mol. The zero-order valence-corrected chi connectivity index (χ0v) is 14.2. The lowest BCUT2D eigenvalue weighted by atomic mass is 10.1. The summed E-state index contributed by atoms with van der Waals surface area (Å²) in [6.07, 6.45) is 5.88. The van der Waals surface area contributed by atoms with Gasteiger partial charge in [0.05, 0.1) is 13.2 Å². The molecule has 1 atom stereocenters. The van der Waals surface area contributed by atoms with Crippen molar-refractivity contribution in [3.05, 3.63) is 36.4 Å². The summed E-state index contributed by atoms with van der Waals surface area (Å²) in [4.78, 5) is 4.90. The molecule has 127 valence electrons. The number of piperazine rings is 1. The Morgan fingerprint density at radius 3 is 2.52 bits per heavy atom. The van der Waals surface area contributed by atoms with Crippen LogP contribution in [-0.2, 0) is 6.42 Å². The zero-order valence-electron chi connectivity index (χ0n) is 14.2. The van der Waals surface area contributed by atoms with Gasteiger partial charge in [0.1, 0.15) is 5.75 Å². The van der Waals surface area contributed by atoms with Crippen LogP contribution in [0.5, 0.6) is 5.75 Å². The highest BCUT2D eigenvalue weighted by molar-refractivity contribution is 5.27. The van der Waals surface area contributed by atoms with Crippen LogP contribution in [-0.4, -0.2) is 60.3 Å². The predicted octanol–water partition coefficient (Wildman–Crippen LogP) is 2.32. The van der Waals surface area contributed by atoms with Crippen LogP contribution in [0.1, 0.15) is 31.2 Å². The third-order valence-corrected chi connectivity index (χ3v) is 5.14. The molecule has 3 rings (SSSR count). The summed E-state index contributed by atoms with van der Waals surface area (Å²) in [5, 5.41) is 10.4. The van der Waals surface area contributed by atoms with Crippen LogP contribution in [0.25, 0.3) is 0 Å². The third kappa shape index (κ3) is 4.69. The lowest BCUT2D eigenvalue weighted by Gasteiger charge is -2.38. The summed E-state index contributed by atoms with van der Waals surface area (Å²) in [6, 6.07) is 8.76. The van der Waals surface area contributed by atoms with Crippen LogP contribution in [0.4, 0.5) is 0 Å². The minimum absolute atomic E-state index is 0.310. The van der Waals surface area contributed by atoms with Gasteiger partial charge in [0, 0.05) is 38.8 Å². The van der Waals surface area contributed by atoms with Gasteiger partial charge < -0.3 is 9.84 Å². The lowest BCUT2D eigenvalue weighted by Crippen LogP contribution is -2.48. The third-order valence-electron chi connectivity index (χ3n) is 5.14. The standard InChI is InChI=1S/C19H29N2O2/c1-23-19-8-6-16(7-9-19)14-18(22)15-20-10-12-21(13-11-20)17-4-2-3-5-17/h6-9,12,17-18,22H,2-5,10-11,13-15H2,1H3. The Balaban J connectivity index is 1.40. The quantitative estimate of drug-likeness (QED) is 0.873. The number of ether oxygens (including phenoxy) is 1. The molecule has 1 aromatic rings. The highest BCUT2D eigenvalue weighted by atomic mass is 16.5. The second-order valence-electron chi connectivity index (χ2n) is 6.82. The summed E-state index contributed by atoms with van der Waals surface area (Å²) < 4.78 is 5.17. The van der Waals surface area contributed by atoms with Gasteiger partial charge in [0.2, 0.25) is 0 Å². The van der Waals surface area contributed by atoms with Gasteiger partial charge in [0.25, 0.3) is 0 Å². The summed E-state index contributed by atoms with van der Waals surface area (Å²) in [5.41, 5.74) is 1.16. The lowest BCUT2D eigenvalue weighted by molar-refractivity contribution is 0.0782. The molecule has 1 radical (unpaired) electrons. The van der Waals surface area contributed by atoms with Crippen molar-refractivity contribution in [3.63, 3.8) is 0 Å². The Morgan fingerprint density at radius 2 is 1.91 bits per heavy atom. The molecule has 1 N–H and O–H groups in total. The summed E-state index contributed by atoms with van der Waals surface area (Å²) in [5.74, 6) is 0.862. The Hall–Kier alpha value is -1.10. The van der Waals surface area contributed by atoms with E-state index in [-0.39, 0.29) is 6.10 Å². The van der Waals surface area contributed by atoms with E-state index in [9.17, 15) is 5.11 Å². The van der Waals surface area contributed by atoms with Crippen molar-refractivity contribution in [3.8, 4) is 5.75 Å². The summed E-state index contributed by atoms with van der Waals surface area (Å²) >= 11 is 0. The van der Waals surface area contributed by atoms with E-state index in [1.54, 1.807) is 7.11 Å². The highest BCUT2D eigenvalue weighted by Crippen LogP contribution is 2.25. The number of hydrogen-bond donors (Lipinski definition) is 1. The molecule has 1 saturated heterocycles. The van der Waals surface area contributed by atoms with Crippen LogP contribution in [0.3, 0.4) is 0 Å². The molecule has 23 heavy (non-hydrogen) atoms.